The first-order chi connectivity index (χ1) is 11.2. The van der Waals surface area contributed by atoms with Crippen LogP contribution in [0.15, 0.2) is 35.4 Å². The van der Waals surface area contributed by atoms with Crippen molar-refractivity contribution in [1.82, 2.24) is 14.5 Å². The molecule has 0 aliphatic carbocycles. The van der Waals surface area contributed by atoms with Crippen molar-refractivity contribution in [1.29, 1.82) is 0 Å². The number of alkyl halides is 3. The van der Waals surface area contributed by atoms with Crippen molar-refractivity contribution in [2.75, 3.05) is 11.5 Å². The van der Waals surface area contributed by atoms with Crippen LogP contribution in [0.25, 0.3) is 16.6 Å². The summed E-state index contributed by atoms with van der Waals surface area (Å²) in [7, 11) is 0. The number of nitrogens with two attached hydrogens (primary N) is 2. The van der Waals surface area contributed by atoms with E-state index in [1.54, 1.807) is 0 Å². The summed E-state index contributed by atoms with van der Waals surface area (Å²) in [6.07, 6.45) is -4.04. The number of anilines is 2. The van der Waals surface area contributed by atoms with Gasteiger partial charge in [0.2, 0.25) is 0 Å². The summed E-state index contributed by atoms with van der Waals surface area (Å²) in [6, 6.07) is 3.89. The molecule has 124 valence electrons. The molecule has 2 aromatic heterocycles. The van der Waals surface area contributed by atoms with Crippen molar-refractivity contribution in [3.05, 3.63) is 52.5 Å². The van der Waals surface area contributed by atoms with Gasteiger partial charge in [-0.15, -0.1) is 0 Å². The highest BCUT2D eigenvalue weighted by molar-refractivity contribution is 5.88. The van der Waals surface area contributed by atoms with Gasteiger partial charge in [0.15, 0.2) is 0 Å². The minimum absolute atomic E-state index is 0.152. The number of hydrogen-bond acceptors (Lipinski definition) is 5. The van der Waals surface area contributed by atoms with E-state index in [2.05, 4.69) is 9.97 Å². The predicted molar refractivity (Wildman–Crippen MR) is 78.9 cm³/mol. The van der Waals surface area contributed by atoms with Crippen molar-refractivity contribution in [2.45, 2.75) is 6.18 Å². The molecule has 1 aromatic carbocycles. The third-order valence-corrected chi connectivity index (χ3v) is 3.37. The molecule has 4 N–H and O–H groups in total. The van der Waals surface area contributed by atoms with Gasteiger partial charge in [-0.25, -0.2) is 14.4 Å². The third kappa shape index (κ3) is 2.32. The lowest BCUT2D eigenvalue weighted by Gasteiger charge is -2.18. The summed E-state index contributed by atoms with van der Waals surface area (Å²) >= 11 is 0. The second-order valence-corrected chi connectivity index (χ2v) is 4.87. The molecule has 0 unspecified atom stereocenters. The van der Waals surface area contributed by atoms with Crippen LogP contribution in [0.1, 0.15) is 5.69 Å². The summed E-state index contributed by atoms with van der Waals surface area (Å²) in [5.41, 5.74) is 7.06. The third-order valence-electron chi connectivity index (χ3n) is 3.37. The molecular weight excluding hydrogens is 330 g/mol. The molecule has 0 aliphatic rings. The Balaban J connectivity index is 2.56. The molecule has 0 radical (unpaired) electrons. The quantitative estimate of drug-likeness (QED) is 0.522. The largest absolute Gasteiger partial charge is 0.431 e. The topological polar surface area (TPSA) is 99.8 Å². The SMILES string of the molecule is Nc1cccc(F)c1-n1c(C(F)(F)F)cc2c(N)ncnc2c1=O. The first-order valence-corrected chi connectivity index (χ1v) is 6.49. The second-order valence-electron chi connectivity index (χ2n) is 4.87. The molecule has 0 saturated heterocycles. The number of benzene rings is 1. The maximum atomic E-state index is 14.1. The van der Waals surface area contributed by atoms with Gasteiger partial charge in [0.1, 0.15) is 34.9 Å². The van der Waals surface area contributed by atoms with Gasteiger partial charge in [-0.3, -0.25) is 9.36 Å². The molecule has 0 amide bonds. The maximum Gasteiger partial charge on any atom is 0.431 e. The number of fused-ring (bicyclic) bond motifs is 1. The van der Waals surface area contributed by atoms with Gasteiger partial charge < -0.3 is 11.5 Å². The highest BCUT2D eigenvalue weighted by Gasteiger charge is 2.37. The highest BCUT2D eigenvalue weighted by atomic mass is 19.4. The van der Waals surface area contributed by atoms with E-state index < -0.39 is 28.9 Å². The Morgan fingerprint density at radius 2 is 1.83 bits per heavy atom. The molecule has 24 heavy (non-hydrogen) atoms. The standard InChI is InChI=1S/C14H9F4N5O/c15-7-2-1-3-8(19)11(7)23-9(14(16,17)18)4-6-10(13(23)24)21-5-22-12(6)20/h1-5H,19H2,(H2,20,21,22). The Hall–Kier alpha value is -3.17. The van der Waals surface area contributed by atoms with Crippen LogP contribution in [-0.2, 0) is 6.18 Å². The van der Waals surface area contributed by atoms with E-state index in [1.807, 2.05) is 0 Å². The number of aromatic nitrogens is 3. The van der Waals surface area contributed by atoms with Crippen LogP contribution < -0.4 is 17.0 Å². The predicted octanol–water partition coefficient (Wildman–Crippen LogP) is 2.10. The fraction of sp³-hybridized carbons (Fsp3) is 0.0714. The first-order valence-electron chi connectivity index (χ1n) is 6.49. The Labute approximate surface area is 131 Å². The van der Waals surface area contributed by atoms with Crippen molar-refractivity contribution in [3.8, 4) is 5.69 Å². The molecule has 0 aliphatic heterocycles. The smallest absolute Gasteiger partial charge is 0.397 e. The highest BCUT2D eigenvalue weighted by Crippen LogP contribution is 2.34. The molecule has 2 heterocycles. The number of rotatable bonds is 1. The summed E-state index contributed by atoms with van der Waals surface area (Å²) in [4.78, 5) is 19.8. The Bertz CT molecular complexity index is 992. The van der Waals surface area contributed by atoms with Crippen molar-refractivity contribution in [2.24, 2.45) is 0 Å². The minimum Gasteiger partial charge on any atom is -0.397 e. The zero-order valence-corrected chi connectivity index (χ0v) is 11.8. The molecular formula is C14H9F4N5O. The van der Waals surface area contributed by atoms with Gasteiger partial charge in [0.25, 0.3) is 5.56 Å². The molecule has 0 spiro atoms. The summed E-state index contributed by atoms with van der Waals surface area (Å²) in [6.45, 7) is 0. The van der Waals surface area contributed by atoms with E-state index in [1.165, 1.54) is 12.1 Å². The van der Waals surface area contributed by atoms with Gasteiger partial charge >= 0.3 is 6.18 Å². The van der Waals surface area contributed by atoms with Crippen LogP contribution in [0.3, 0.4) is 0 Å². The van der Waals surface area contributed by atoms with E-state index in [4.69, 9.17) is 11.5 Å². The fourth-order valence-electron chi connectivity index (χ4n) is 2.34. The molecule has 10 heteroatoms. The Morgan fingerprint density at radius 1 is 1.12 bits per heavy atom. The van der Waals surface area contributed by atoms with Crippen molar-refractivity contribution < 1.29 is 17.6 Å². The molecule has 3 aromatic rings. The van der Waals surface area contributed by atoms with E-state index in [9.17, 15) is 22.4 Å². The van der Waals surface area contributed by atoms with Crippen LogP contribution >= 0.6 is 0 Å². The summed E-state index contributed by atoms with van der Waals surface area (Å²) in [5, 5.41) is -0.277. The number of nitrogens with zero attached hydrogens (tertiary/aromatic N) is 3. The number of halogens is 4. The zero-order chi connectivity index (χ0) is 17.6. The van der Waals surface area contributed by atoms with Crippen LogP contribution in [-0.4, -0.2) is 14.5 Å². The molecule has 0 saturated carbocycles. The molecule has 0 atom stereocenters. The second kappa shape index (κ2) is 5.18. The number of hydrogen-bond donors (Lipinski definition) is 2. The van der Waals surface area contributed by atoms with E-state index in [-0.39, 0.29) is 27.0 Å². The summed E-state index contributed by atoms with van der Waals surface area (Å²) in [5.74, 6) is -1.37. The average molecular weight is 339 g/mol. The van der Waals surface area contributed by atoms with Crippen LogP contribution in [0, 0.1) is 5.82 Å². The lowest BCUT2D eigenvalue weighted by Crippen LogP contribution is -2.29. The van der Waals surface area contributed by atoms with Gasteiger partial charge in [0, 0.05) is 0 Å². The number of nitrogen functional groups attached to an aromatic ring is 2. The van der Waals surface area contributed by atoms with Gasteiger partial charge in [0.05, 0.1) is 11.1 Å². The lowest BCUT2D eigenvalue weighted by atomic mass is 10.2. The van der Waals surface area contributed by atoms with E-state index >= 15 is 0 Å². The van der Waals surface area contributed by atoms with Crippen molar-refractivity contribution in [3.63, 3.8) is 0 Å². The molecule has 0 fully saturated rings. The Morgan fingerprint density at radius 3 is 2.46 bits per heavy atom. The zero-order valence-electron chi connectivity index (χ0n) is 11.8. The fourth-order valence-corrected chi connectivity index (χ4v) is 2.34. The van der Waals surface area contributed by atoms with E-state index in [0.29, 0.717) is 6.07 Å². The Kier molecular flexibility index (Phi) is 3.39. The van der Waals surface area contributed by atoms with Crippen molar-refractivity contribution >= 4 is 22.4 Å². The molecule has 3 rings (SSSR count). The first kappa shape index (κ1) is 15.7. The van der Waals surface area contributed by atoms with Crippen LogP contribution in [0.2, 0.25) is 0 Å². The van der Waals surface area contributed by atoms with Crippen LogP contribution in [0.5, 0.6) is 0 Å². The minimum atomic E-state index is -4.97. The van der Waals surface area contributed by atoms with Crippen LogP contribution in [0.4, 0.5) is 29.1 Å². The maximum absolute atomic E-state index is 14.1. The van der Waals surface area contributed by atoms with Gasteiger partial charge in [-0.05, 0) is 18.2 Å². The average Bonchev–Trinajstić information content (AvgIpc) is 2.48. The van der Waals surface area contributed by atoms with Gasteiger partial charge in [-0.2, -0.15) is 13.2 Å². The van der Waals surface area contributed by atoms with E-state index in [0.717, 1.165) is 12.4 Å². The normalized spacial score (nSPS) is 11.8. The molecule has 0 bridgehead atoms. The molecule has 6 nitrogen and oxygen atoms in total. The van der Waals surface area contributed by atoms with Gasteiger partial charge in [-0.1, -0.05) is 6.07 Å². The number of para-hydroxylation sites is 1. The lowest BCUT2D eigenvalue weighted by molar-refractivity contribution is -0.142. The number of pyridine rings is 1. The summed E-state index contributed by atoms with van der Waals surface area (Å²) < 4.78 is 54.5. The monoisotopic (exact) mass is 339 g/mol.